The summed E-state index contributed by atoms with van der Waals surface area (Å²) in [5, 5.41) is 22.2. The lowest BCUT2D eigenvalue weighted by molar-refractivity contribution is -0.237. The van der Waals surface area contributed by atoms with Crippen molar-refractivity contribution in [2.24, 2.45) is 17.3 Å². The highest BCUT2D eigenvalue weighted by atomic mass is 16.7. The summed E-state index contributed by atoms with van der Waals surface area (Å²) < 4.78 is 30.1. The van der Waals surface area contributed by atoms with Crippen molar-refractivity contribution in [3.63, 3.8) is 0 Å². The van der Waals surface area contributed by atoms with Gasteiger partial charge >= 0.3 is 11.9 Å². The van der Waals surface area contributed by atoms with E-state index in [0.29, 0.717) is 36.4 Å². The number of hydrogen-bond acceptors (Lipinski definition) is 10. The van der Waals surface area contributed by atoms with Gasteiger partial charge in [0.1, 0.15) is 28.8 Å². The summed E-state index contributed by atoms with van der Waals surface area (Å²) in [7, 11) is 1.51. The minimum Gasteiger partial charge on any atom is -0.495 e. The first kappa shape index (κ1) is 27.6. The normalized spacial score (nSPS) is 45.7. The van der Waals surface area contributed by atoms with Crippen LogP contribution < -0.4 is 0 Å². The van der Waals surface area contributed by atoms with E-state index >= 15 is 0 Å². The lowest BCUT2D eigenvalue weighted by atomic mass is 9.64. The van der Waals surface area contributed by atoms with E-state index < -0.39 is 46.0 Å². The molecule has 6 aliphatic rings. The van der Waals surface area contributed by atoms with Gasteiger partial charge in [-0.25, -0.2) is 4.79 Å². The van der Waals surface area contributed by atoms with E-state index in [4.69, 9.17) is 23.7 Å². The number of aliphatic hydroxyl groups excluding tert-OH is 1. The van der Waals surface area contributed by atoms with Crippen molar-refractivity contribution in [1.82, 2.24) is 0 Å². The summed E-state index contributed by atoms with van der Waals surface area (Å²) in [4.78, 5) is 38.7. The van der Waals surface area contributed by atoms with Crippen molar-refractivity contribution in [3.8, 4) is 0 Å². The number of aliphatic hydroxyl groups is 2. The van der Waals surface area contributed by atoms with Gasteiger partial charge in [0.2, 0.25) is 5.79 Å². The molecule has 2 N–H and O–H groups in total. The van der Waals surface area contributed by atoms with Crippen LogP contribution in [0.25, 0.3) is 0 Å². The second-order valence-corrected chi connectivity index (χ2v) is 13.0. The zero-order chi connectivity index (χ0) is 28.9. The molecular weight excluding hydrogens is 520 g/mol. The molecule has 2 bridgehead atoms. The van der Waals surface area contributed by atoms with Gasteiger partial charge in [0.15, 0.2) is 5.76 Å². The summed E-state index contributed by atoms with van der Waals surface area (Å²) in [5.74, 6) is -2.78. The van der Waals surface area contributed by atoms with E-state index in [9.17, 15) is 24.6 Å². The molecule has 2 spiro atoms. The Kier molecular flexibility index (Phi) is 6.03. The number of ether oxygens (including phenoxy) is 5. The molecule has 0 aromatic heterocycles. The molecule has 0 aromatic rings. The number of esters is 2. The predicted octanol–water partition coefficient (Wildman–Crippen LogP) is 2.76. The van der Waals surface area contributed by atoms with Crippen LogP contribution in [0.5, 0.6) is 0 Å². The molecule has 40 heavy (non-hydrogen) atoms. The van der Waals surface area contributed by atoms with E-state index in [1.807, 2.05) is 13.8 Å². The van der Waals surface area contributed by atoms with Crippen LogP contribution in [0.4, 0.5) is 0 Å². The minimum atomic E-state index is -1.73. The first-order valence-corrected chi connectivity index (χ1v) is 14.1. The van der Waals surface area contributed by atoms with E-state index in [-0.39, 0.29) is 50.0 Å². The predicted molar refractivity (Wildman–Crippen MR) is 138 cm³/mol. The topological polar surface area (TPSA) is 138 Å². The fraction of sp³-hybridized carbons (Fsp3) is 0.700. The van der Waals surface area contributed by atoms with Gasteiger partial charge < -0.3 is 33.9 Å². The molecule has 10 heteroatoms. The molecule has 6 rings (SSSR count). The molecule has 5 heterocycles. The maximum absolute atomic E-state index is 14.1. The quantitative estimate of drug-likeness (QED) is 0.485. The minimum absolute atomic E-state index is 0.0646. The van der Waals surface area contributed by atoms with E-state index in [1.54, 1.807) is 26.0 Å². The van der Waals surface area contributed by atoms with Crippen molar-refractivity contribution < 1.29 is 48.3 Å². The summed E-state index contributed by atoms with van der Waals surface area (Å²) in [6, 6.07) is 0. The molecule has 0 aromatic carbocycles. The molecule has 1 aliphatic carbocycles. The molecule has 4 fully saturated rings. The second kappa shape index (κ2) is 8.74. The smallest absolute Gasteiger partial charge is 0.339 e. The van der Waals surface area contributed by atoms with Gasteiger partial charge in [0.05, 0.1) is 25.7 Å². The average molecular weight is 559 g/mol. The number of allylic oxidation sites excluding steroid dienone is 2. The molecule has 5 aliphatic heterocycles. The standard InChI is InChI=1S/C30H38O10/c1-16(10-18-11-17(2)25(34)37-18)23(33)26(3)8-9-30(35)24(36-5)19-6-7-20-27(4,15-31)38-21-12-22(32)39-29(20,21)14-28(19,13-26)40-30/h10-11,16,20-21,31,35H,6-9,12-15H2,1-5H3/b18-10-/t16-,20?,21-,26-,27+,28+,29-,30+/m1/s1. The monoisotopic (exact) mass is 558 g/mol. The number of fused-ring (bicyclic) bond motifs is 1. The molecule has 218 valence electrons. The Morgan fingerprint density at radius 1 is 1.25 bits per heavy atom. The maximum atomic E-state index is 14.1. The number of ketones is 1. The molecule has 1 unspecified atom stereocenters. The maximum Gasteiger partial charge on any atom is 0.339 e. The lowest BCUT2D eigenvalue weighted by Gasteiger charge is -2.43. The van der Waals surface area contributed by atoms with Gasteiger partial charge in [-0.2, -0.15) is 0 Å². The van der Waals surface area contributed by atoms with Gasteiger partial charge in [0, 0.05) is 41.2 Å². The Balaban J connectivity index is 1.42. The Hall–Kier alpha value is -2.53. The van der Waals surface area contributed by atoms with Gasteiger partial charge in [0.25, 0.3) is 0 Å². The zero-order valence-electron chi connectivity index (χ0n) is 23.7. The van der Waals surface area contributed by atoms with Crippen LogP contribution in [0.15, 0.2) is 34.8 Å². The highest BCUT2D eigenvalue weighted by Gasteiger charge is 2.73. The number of carbonyl (C=O) groups excluding carboxylic acids is 3. The number of hydrogen-bond donors (Lipinski definition) is 2. The SMILES string of the molecule is COC1=C2CCC3[C@](C)(CO)O[C@@H]4CC(=O)O[C@]34C[C@@]23C[C@](C)(C(=O)[C@H](C)/C=C2/C=C(C)C(=O)O2)CC[C@]1(O)O3. The fourth-order valence-corrected chi connectivity index (χ4v) is 8.54. The Bertz CT molecular complexity index is 1280. The van der Waals surface area contributed by atoms with Crippen molar-refractivity contribution >= 4 is 17.7 Å². The molecule has 0 radical (unpaired) electrons. The third kappa shape index (κ3) is 3.72. The Morgan fingerprint density at radius 3 is 2.65 bits per heavy atom. The van der Waals surface area contributed by atoms with E-state index in [1.165, 1.54) is 7.11 Å². The largest absolute Gasteiger partial charge is 0.495 e. The average Bonchev–Trinajstić information content (AvgIpc) is 3.44. The van der Waals surface area contributed by atoms with Crippen LogP contribution in [0.3, 0.4) is 0 Å². The summed E-state index contributed by atoms with van der Waals surface area (Å²) in [5.41, 5.74) is -2.84. The molecular formula is C30H38O10. The summed E-state index contributed by atoms with van der Waals surface area (Å²) in [6.45, 7) is 6.93. The number of methoxy groups -OCH3 is 1. The summed E-state index contributed by atoms with van der Waals surface area (Å²) >= 11 is 0. The van der Waals surface area contributed by atoms with Crippen LogP contribution >= 0.6 is 0 Å². The van der Waals surface area contributed by atoms with E-state index in [0.717, 1.165) is 5.57 Å². The van der Waals surface area contributed by atoms with Crippen molar-refractivity contribution in [1.29, 1.82) is 0 Å². The van der Waals surface area contributed by atoms with Crippen LogP contribution in [0.2, 0.25) is 0 Å². The van der Waals surface area contributed by atoms with Crippen LogP contribution in [0.1, 0.15) is 72.6 Å². The van der Waals surface area contributed by atoms with Crippen LogP contribution in [-0.2, 0) is 38.1 Å². The number of cyclic esters (lactones) is 1. The van der Waals surface area contributed by atoms with Crippen molar-refractivity contribution in [3.05, 3.63) is 34.8 Å². The van der Waals surface area contributed by atoms with Gasteiger partial charge in [-0.3, -0.25) is 9.59 Å². The third-order valence-electron chi connectivity index (χ3n) is 10.3. The zero-order valence-corrected chi connectivity index (χ0v) is 23.7. The molecule has 8 atom stereocenters. The molecule has 1 saturated carbocycles. The van der Waals surface area contributed by atoms with Crippen molar-refractivity contribution in [2.75, 3.05) is 13.7 Å². The fourth-order valence-electron chi connectivity index (χ4n) is 8.54. The van der Waals surface area contributed by atoms with E-state index in [2.05, 4.69) is 0 Å². The Morgan fingerprint density at radius 2 is 2.00 bits per heavy atom. The highest BCUT2D eigenvalue weighted by Crippen LogP contribution is 2.65. The van der Waals surface area contributed by atoms with Gasteiger partial charge in [-0.1, -0.05) is 13.8 Å². The van der Waals surface area contributed by atoms with Crippen molar-refractivity contribution in [2.45, 2.75) is 101 Å². The lowest BCUT2D eigenvalue weighted by Crippen LogP contribution is -2.52. The molecule has 0 amide bonds. The highest BCUT2D eigenvalue weighted by molar-refractivity contribution is 5.93. The van der Waals surface area contributed by atoms with Gasteiger partial charge in [-0.15, -0.1) is 0 Å². The van der Waals surface area contributed by atoms with Crippen LogP contribution in [-0.4, -0.2) is 70.3 Å². The number of carbonyl (C=O) groups is 3. The van der Waals surface area contributed by atoms with Crippen LogP contribution in [0, 0.1) is 17.3 Å². The summed E-state index contributed by atoms with van der Waals surface area (Å²) in [6.07, 6.45) is 4.64. The number of rotatable bonds is 5. The molecule has 3 saturated heterocycles. The van der Waals surface area contributed by atoms with Gasteiger partial charge in [-0.05, 0) is 51.7 Å². The second-order valence-electron chi connectivity index (χ2n) is 13.0. The first-order valence-electron chi connectivity index (χ1n) is 14.1. The number of Topliss-reactive ketones (excluding diaryl/α,β-unsaturated/α-hetero) is 1. The first-order chi connectivity index (χ1) is 18.7. The Labute approximate surface area is 233 Å². The third-order valence-corrected chi connectivity index (χ3v) is 10.3. The molecule has 10 nitrogen and oxygen atoms in total.